The van der Waals surface area contributed by atoms with Crippen LogP contribution in [0.25, 0.3) is 0 Å². The Morgan fingerprint density at radius 2 is 2.08 bits per heavy atom. The molecule has 0 aromatic carbocycles. The highest BCUT2D eigenvalue weighted by Crippen LogP contribution is 2.18. The molecule has 1 unspecified atom stereocenters. The van der Waals surface area contributed by atoms with Crippen LogP contribution < -0.4 is 5.32 Å². The van der Waals surface area contributed by atoms with E-state index in [0.29, 0.717) is 0 Å². The van der Waals surface area contributed by atoms with Gasteiger partial charge in [0.2, 0.25) is 0 Å². The summed E-state index contributed by atoms with van der Waals surface area (Å²) in [6.07, 6.45) is 7.02. The molecule has 1 N–H and O–H groups in total. The van der Waals surface area contributed by atoms with Gasteiger partial charge >= 0.3 is 0 Å². The van der Waals surface area contributed by atoms with Crippen molar-refractivity contribution in [2.24, 2.45) is 0 Å². The molecular formula is C11H23NS. The molecule has 0 radical (unpaired) electrons. The molecule has 2 heteroatoms. The van der Waals surface area contributed by atoms with Crippen LogP contribution in [0.4, 0.5) is 0 Å². The minimum Gasteiger partial charge on any atom is -0.311 e. The van der Waals surface area contributed by atoms with E-state index in [1.165, 1.54) is 43.6 Å². The summed E-state index contributed by atoms with van der Waals surface area (Å²) in [6.45, 7) is 4.56. The molecule has 13 heavy (non-hydrogen) atoms. The minimum absolute atomic E-state index is 0.724. The van der Waals surface area contributed by atoms with Crippen LogP contribution in [-0.4, -0.2) is 23.6 Å². The highest BCUT2D eigenvalue weighted by atomic mass is 32.2. The molecule has 1 saturated carbocycles. The zero-order chi connectivity index (χ0) is 9.52. The largest absolute Gasteiger partial charge is 0.311 e. The zero-order valence-electron chi connectivity index (χ0n) is 9.01. The topological polar surface area (TPSA) is 12.0 Å². The SMILES string of the molecule is CCSCCC(C)NC1CCCC1. The third-order valence-electron chi connectivity index (χ3n) is 2.77. The van der Waals surface area contributed by atoms with E-state index in [2.05, 4.69) is 30.9 Å². The summed E-state index contributed by atoms with van der Waals surface area (Å²) in [4.78, 5) is 0. The highest BCUT2D eigenvalue weighted by Gasteiger charge is 2.16. The normalized spacial score (nSPS) is 20.8. The van der Waals surface area contributed by atoms with E-state index in [4.69, 9.17) is 0 Å². The zero-order valence-corrected chi connectivity index (χ0v) is 9.83. The molecule has 0 aromatic heterocycles. The number of rotatable bonds is 6. The molecule has 1 atom stereocenters. The van der Waals surface area contributed by atoms with Crippen molar-refractivity contribution in [3.63, 3.8) is 0 Å². The van der Waals surface area contributed by atoms with Gasteiger partial charge in [0.05, 0.1) is 0 Å². The molecule has 0 spiro atoms. The average Bonchev–Trinajstić information content (AvgIpc) is 2.57. The molecule has 0 bridgehead atoms. The smallest absolute Gasteiger partial charge is 0.00695 e. The lowest BCUT2D eigenvalue weighted by Crippen LogP contribution is -2.34. The summed E-state index contributed by atoms with van der Waals surface area (Å²) in [5, 5.41) is 3.72. The summed E-state index contributed by atoms with van der Waals surface area (Å²) in [7, 11) is 0. The van der Waals surface area contributed by atoms with E-state index < -0.39 is 0 Å². The van der Waals surface area contributed by atoms with Crippen molar-refractivity contribution in [1.82, 2.24) is 5.32 Å². The van der Waals surface area contributed by atoms with E-state index in [0.717, 1.165) is 12.1 Å². The second kappa shape index (κ2) is 6.72. The molecule has 0 saturated heterocycles. The van der Waals surface area contributed by atoms with E-state index in [-0.39, 0.29) is 0 Å². The van der Waals surface area contributed by atoms with Crippen molar-refractivity contribution in [2.75, 3.05) is 11.5 Å². The fourth-order valence-corrected chi connectivity index (χ4v) is 2.79. The van der Waals surface area contributed by atoms with Gasteiger partial charge in [-0.25, -0.2) is 0 Å². The lowest BCUT2D eigenvalue weighted by Gasteiger charge is -2.18. The maximum absolute atomic E-state index is 3.72. The molecule has 1 rings (SSSR count). The molecule has 1 aliphatic rings. The van der Waals surface area contributed by atoms with Crippen LogP contribution in [0.15, 0.2) is 0 Å². The van der Waals surface area contributed by atoms with Crippen LogP contribution >= 0.6 is 11.8 Å². The van der Waals surface area contributed by atoms with E-state index in [9.17, 15) is 0 Å². The molecule has 0 aliphatic heterocycles. The van der Waals surface area contributed by atoms with Crippen molar-refractivity contribution in [3.8, 4) is 0 Å². The highest BCUT2D eigenvalue weighted by molar-refractivity contribution is 7.99. The van der Waals surface area contributed by atoms with Gasteiger partial charge in [0, 0.05) is 12.1 Å². The Labute approximate surface area is 87.1 Å². The van der Waals surface area contributed by atoms with E-state index in [1.54, 1.807) is 0 Å². The first kappa shape index (κ1) is 11.4. The van der Waals surface area contributed by atoms with Gasteiger partial charge < -0.3 is 5.32 Å². The van der Waals surface area contributed by atoms with Gasteiger partial charge in [-0.05, 0) is 37.7 Å². The predicted octanol–water partition coefficient (Wildman–Crippen LogP) is 3.05. The first-order valence-corrected chi connectivity index (χ1v) is 6.82. The molecule has 0 amide bonds. The summed E-state index contributed by atoms with van der Waals surface area (Å²) < 4.78 is 0. The number of thioether (sulfide) groups is 1. The monoisotopic (exact) mass is 201 g/mol. The van der Waals surface area contributed by atoms with Crippen LogP contribution in [-0.2, 0) is 0 Å². The quantitative estimate of drug-likeness (QED) is 0.663. The van der Waals surface area contributed by atoms with Crippen molar-refractivity contribution in [3.05, 3.63) is 0 Å². The fourth-order valence-electron chi connectivity index (χ4n) is 1.98. The predicted molar refractivity (Wildman–Crippen MR) is 62.5 cm³/mol. The Morgan fingerprint density at radius 3 is 2.69 bits per heavy atom. The summed E-state index contributed by atoms with van der Waals surface area (Å²) >= 11 is 2.05. The van der Waals surface area contributed by atoms with E-state index in [1.807, 2.05) is 0 Å². The molecule has 1 nitrogen and oxygen atoms in total. The third-order valence-corrected chi connectivity index (χ3v) is 3.71. The molecular weight excluding hydrogens is 178 g/mol. The van der Waals surface area contributed by atoms with Crippen molar-refractivity contribution in [2.45, 2.75) is 58.0 Å². The minimum atomic E-state index is 0.724. The van der Waals surface area contributed by atoms with Crippen LogP contribution in [0.5, 0.6) is 0 Å². The van der Waals surface area contributed by atoms with Gasteiger partial charge in [-0.2, -0.15) is 11.8 Å². The Bertz CT molecular complexity index is 121. The van der Waals surface area contributed by atoms with Crippen LogP contribution in [0.3, 0.4) is 0 Å². The van der Waals surface area contributed by atoms with Gasteiger partial charge in [0.1, 0.15) is 0 Å². The van der Waals surface area contributed by atoms with Gasteiger partial charge in [-0.15, -0.1) is 0 Å². The van der Waals surface area contributed by atoms with E-state index >= 15 is 0 Å². The summed E-state index contributed by atoms with van der Waals surface area (Å²) in [5.41, 5.74) is 0. The van der Waals surface area contributed by atoms with Crippen LogP contribution in [0.1, 0.15) is 46.0 Å². The average molecular weight is 201 g/mol. The fraction of sp³-hybridized carbons (Fsp3) is 1.00. The Hall–Kier alpha value is 0.310. The molecule has 1 fully saturated rings. The van der Waals surface area contributed by atoms with Gasteiger partial charge in [0.15, 0.2) is 0 Å². The van der Waals surface area contributed by atoms with Crippen molar-refractivity contribution >= 4 is 11.8 Å². The molecule has 0 heterocycles. The lowest BCUT2D eigenvalue weighted by molar-refractivity contribution is 0.444. The second-order valence-corrected chi connectivity index (χ2v) is 5.43. The number of nitrogens with one attached hydrogen (secondary N) is 1. The first-order chi connectivity index (χ1) is 6.33. The number of hydrogen-bond donors (Lipinski definition) is 1. The number of hydrogen-bond acceptors (Lipinski definition) is 2. The lowest BCUT2D eigenvalue weighted by atomic mass is 10.2. The molecule has 0 aromatic rings. The van der Waals surface area contributed by atoms with Crippen molar-refractivity contribution < 1.29 is 0 Å². The Balaban J connectivity index is 1.99. The maximum atomic E-state index is 3.72. The standard InChI is InChI=1S/C11H23NS/c1-3-13-9-8-10(2)12-11-6-4-5-7-11/h10-12H,3-9H2,1-2H3. The summed E-state index contributed by atoms with van der Waals surface area (Å²) in [5.74, 6) is 2.58. The Kier molecular flexibility index (Phi) is 5.88. The Morgan fingerprint density at radius 1 is 1.38 bits per heavy atom. The third kappa shape index (κ3) is 4.92. The molecule has 78 valence electrons. The van der Waals surface area contributed by atoms with Crippen LogP contribution in [0.2, 0.25) is 0 Å². The molecule has 1 aliphatic carbocycles. The van der Waals surface area contributed by atoms with Gasteiger partial charge in [-0.1, -0.05) is 19.8 Å². The second-order valence-electron chi connectivity index (χ2n) is 4.03. The van der Waals surface area contributed by atoms with Gasteiger partial charge in [0.25, 0.3) is 0 Å². The summed E-state index contributed by atoms with van der Waals surface area (Å²) in [6, 6.07) is 1.56. The first-order valence-electron chi connectivity index (χ1n) is 5.66. The maximum Gasteiger partial charge on any atom is 0.00695 e. The van der Waals surface area contributed by atoms with Crippen molar-refractivity contribution in [1.29, 1.82) is 0 Å². The van der Waals surface area contributed by atoms with Gasteiger partial charge in [-0.3, -0.25) is 0 Å². The van der Waals surface area contributed by atoms with Crippen LogP contribution in [0, 0.1) is 0 Å².